The van der Waals surface area contributed by atoms with Gasteiger partial charge in [0, 0.05) is 13.1 Å². The van der Waals surface area contributed by atoms with E-state index in [1.54, 1.807) is 0 Å². The molecule has 1 heterocycles. The average molecular weight is 337 g/mol. The van der Waals surface area contributed by atoms with Crippen molar-refractivity contribution in [3.63, 3.8) is 0 Å². The van der Waals surface area contributed by atoms with Crippen molar-refractivity contribution < 1.29 is 14.7 Å². The highest BCUT2D eigenvalue weighted by Crippen LogP contribution is 2.17. The second-order valence-corrected chi connectivity index (χ2v) is 5.99. The topological polar surface area (TPSA) is 76.9 Å². The smallest absolute Gasteiger partial charge is 0.294 e. The van der Waals surface area contributed by atoms with Crippen molar-refractivity contribution in [3.05, 3.63) is 39.9 Å². The lowest BCUT2D eigenvalue weighted by atomic mass is 10.1. The van der Waals surface area contributed by atoms with E-state index < -0.39 is 5.09 Å². The highest BCUT2D eigenvalue weighted by Gasteiger charge is 2.10. The van der Waals surface area contributed by atoms with Gasteiger partial charge in [0.15, 0.2) is 0 Å². The summed E-state index contributed by atoms with van der Waals surface area (Å²) >= 11 is 0. The van der Waals surface area contributed by atoms with Gasteiger partial charge in [-0.05, 0) is 56.6 Å². The first-order valence-corrected chi connectivity index (χ1v) is 8.66. The number of nitrogens with zero attached hydrogens (tertiary/aromatic N) is 2. The lowest BCUT2D eigenvalue weighted by molar-refractivity contribution is -0.757. The van der Waals surface area contributed by atoms with E-state index in [1.807, 2.05) is 12.1 Å². The summed E-state index contributed by atoms with van der Waals surface area (Å²) in [6.07, 6.45) is 4.80. The Labute approximate surface area is 143 Å². The van der Waals surface area contributed by atoms with Crippen LogP contribution in [-0.2, 0) is 11.4 Å². The van der Waals surface area contributed by atoms with E-state index in [1.165, 1.54) is 37.9 Å². The second kappa shape index (κ2) is 10.8. The predicted octanol–water partition coefficient (Wildman–Crippen LogP) is 2.24. The molecule has 1 aliphatic rings. The zero-order valence-corrected chi connectivity index (χ0v) is 14.1. The van der Waals surface area contributed by atoms with Gasteiger partial charge in [0.2, 0.25) is 0 Å². The summed E-state index contributed by atoms with van der Waals surface area (Å²) in [4.78, 5) is 16.7. The van der Waals surface area contributed by atoms with Crippen LogP contribution in [-0.4, -0.2) is 49.4 Å². The largest absolute Gasteiger partial charge is 0.494 e. The van der Waals surface area contributed by atoms with Crippen LogP contribution in [0.25, 0.3) is 0 Å². The third kappa shape index (κ3) is 7.61. The van der Waals surface area contributed by atoms with Crippen LogP contribution in [0.4, 0.5) is 0 Å². The van der Waals surface area contributed by atoms with Crippen molar-refractivity contribution in [3.8, 4) is 5.75 Å². The highest BCUT2D eigenvalue weighted by molar-refractivity contribution is 5.28. The maximum Gasteiger partial charge on any atom is 0.294 e. The molecule has 1 saturated heterocycles. The van der Waals surface area contributed by atoms with Crippen LogP contribution in [0.2, 0.25) is 0 Å². The molecule has 0 unspecified atom stereocenters. The third-order valence-electron chi connectivity index (χ3n) is 4.00. The molecule has 7 heteroatoms. The van der Waals surface area contributed by atoms with E-state index in [4.69, 9.17) is 4.74 Å². The summed E-state index contributed by atoms with van der Waals surface area (Å²) in [6.45, 7) is 5.28. The van der Waals surface area contributed by atoms with E-state index in [0.717, 1.165) is 25.3 Å². The Hall–Kier alpha value is -1.86. The first-order valence-electron chi connectivity index (χ1n) is 8.66. The molecule has 0 spiro atoms. The monoisotopic (exact) mass is 337 g/mol. The number of hydrogen-bond donors (Lipinski definition) is 1. The van der Waals surface area contributed by atoms with E-state index >= 15 is 0 Å². The molecule has 1 N–H and O–H groups in total. The van der Waals surface area contributed by atoms with Crippen molar-refractivity contribution in [2.75, 3.05) is 39.4 Å². The molecule has 2 rings (SSSR count). The second-order valence-electron chi connectivity index (χ2n) is 5.99. The quantitative estimate of drug-likeness (QED) is 0.379. The maximum atomic E-state index is 9.98. The van der Waals surface area contributed by atoms with Crippen LogP contribution < -0.4 is 10.1 Å². The van der Waals surface area contributed by atoms with Gasteiger partial charge in [0.25, 0.3) is 5.09 Å². The Morgan fingerprint density at radius 1 is 1.17 bits per heavy atom. The Morgan fingerprint density at radius 2 is 2.00 bits per heavy atom. The third-order valence-corrected chi connectivity index (χ3v) is 4.00. The first kappa shape index (κ1) is 18.5. The van der Waals surface area contributed by atoms with Gasteiger partial charge in [-0.25, -0.2) is 0 Å². The summed E-state index contributed by atoms with van der Waals surface area (Å²) < 4.78 is 5.78. The lowest BCUT2D eigenvalue weighted by Crippen LogP contribution is -2.29. The van der Waals surface area contributed by atoms with Gasteiger partial charge in [-0.15, -0.1) is 10.1 Å². The SMILES string of the molecule is O=[N+]([O-])OCCNCCCOc1cccc(CN2CCCCC2)c1. The van der Waals surface area contributed by atoms with Gasteiger partial charge in [-0.1, -0.05) is 18.6 Å². The van der Waals surface area contributed by atoms with E-state index in [0.29, 0.717) is 13.2 Å². The standard InChI is InChI=1S/C17H27N3O4/c21-20(22)24-13-9-18-8-5-12-23-17-7-4-6-16(14-17)15-19-10-2-1-3-11-19/h4,6-7,14,18H,1-3,5,8-13,15H2. The van der Waals surface area contributed by atoms with Crippen molar-refractivity contribution in [1.82, 2.24) is 10.2 Å². The summed E-state index contributed by atoms with van der Waals surface area (Å²) in [6, 6.07) is 8.30. The van der Waals surface area contributed by atoms with Crippen molar-refractivity contribution in [2.45, 2.75) is 32.2 Å². The van der Waals surface area contributed by atoms with Crippen molar-refractivity contribution >= 4 is 0 Å². The fraction of sp³-hybridized carbons (Fsp3) is 0.647. The molecule has 0 saturated carbocycles. The lowest BCUT2D eigenvalue weighted by Gasteiger charge is -2.26. The molecule has 1 fully saturated rings. The van der Waals surface area contributed by atoms with E-state index in [2.05, 4.69) is 27.2 Å². The molecule has 24 heavy (non-hydrogen) atoms. The molecule has 0 bridgehead atoms. The number of piperidine rings is 1. The fourth-order valence-electron chi connectivity index (χ4n) is 2.81. The Bertz CT molecular complexity index is 492. The number of ether oxygens (including phenoxy) is 1. The summed E-state index contributed by atoms with van der Waals surface area (Å²) in [5.41, 5.74) is 1.30. The summed E-state index contributed by atoms with van der Waals surface area (Å²) in [5, 5.41) is 12.3. The molecule has 1 aliphatic heterocycles. The van der Waals surface area contributed by atoms with Crippen LogP contribution in [0.5, 0.6) is 5.75 Å². The zero-order chi connectivity index (χ0) is 17.0. The minimum Gasteiger partial charge on any atom is -0.494 e. The number of hydrogen-bond acceptors (Lipinski definition) is 6. The predicted molar refractivity (Wildman–Crippen MR) is 91.5 cm³/mol. The molecular weight excluding hydrogens is 310 g/mol. The maximum absolute atomic E-state index is 9.98. The average Bonchev–Trinajstić information content (AvgIpc) is 2.58. The minimum atomic E-state index is -0.776. The highest BCUT2D eigenvalue weighted by atomic mass is 16.9. The fourth-order valence-corrected chi connectivity index (χ4v) is 2.81. The van der Waals surface area contributed by atoms with Crippen LogP contribution >= 0.6 is 0 Å². The number of nitrogens with one attached hydrogen (secondary N) is 1. The Morgan fingerprint density at radius 3 is 2.79 bits per heavy atom. The molecule has 1 aromatic carbocycles. The molecular formula is C17H27N3O4. The van der Waals surface area contributed by atoms with Crippen LogP contribution in [0.1, 0.15) is 31.2 Å². The molecule has 1 aromatic rings. The molecule has 7 nitrogen and oxygen atoms in total. The number of likely N-dealkylation sites (tertiary alicyclic amines) is 1. The molecule has 134 valence electrons. The van der Waals surface area contributed by atoms with Gasteiger partial charge in [-0.2, -0.15) is 0 Å². The Kier molecular flexibility index (Phi) is 8.34. The van der Waals surface area contributed by atoms with Crippen LogP contribution in [0.3, 0.4) is 0 Å². The number of rotatable bonds is 11. The van der Waals surface area contributed by atoms with Gasteiger partial charge in [0.05, 0.1) is 6.61 Å². The zero-order valence-electron chi connectivity index (χ0n) is 14.1. The molecule has 0 radical (unpaired) electrons. The van der Waals surface area contributed by atoms with Gasteiger partial charge in [-0.3, -0.25) is 4.90 Å². The normalized spacial score (nSPS) is 15.2. The first-order chi connectivity index (χ1) is 11.7. The Balaban J connectivity index is 1.59. The van der Waals surface area contributed by atoms with Gasteiger partial charge >= 0.3 is 0 Å². The molecule has 0 aromatic heterocycles. The number of benzene rings is 1. The summed E-state index contributed by atoms with van der Waals surface area (Å²) in [7, 11) is 0. The minimum absolute atomic E-state index is 0.0758. The molecule has 0 aliphatic carbocycles. The molecule has 0 atom stereocenters. The van der Waals surface area contributed by atoms with Crippen LogP contribution in [0.15, 0.2) is 24.3 Å². The van der Waals surface area contributed by atoms with E-state index in [9.17, 15) is 10.1 Å². The van der Waals surface area contributed by atoms with Gasteiger partial charge in [0.1, 0.15) is 12.4 Å². The van der Waals surface area contributed by atoms with Gasteiger partial charge < -0.3 is 14.9 Å². The molecule has 0 amide bonds. The van der Waals surface area contributed by atoms with Crippen molar-refractivity contribution in [2.24, 2.45) is 0 Å². The summed E-state index contributed by atoms with van der Waals surface area (Å²) in [5.74, 6) is 0.904. The van der Waals surface area contributed by atoms with E-state index in [-0.39, 0.29) is 6.61 Å². The van der Waals surface area contributed by atoms with Crippen LogP contribution in [0, 0.1) is 10.1 Å². The van der Waals surface area contributed by atoms with Crippen molar-refractivity contribution in [1.29, 1.82) is 0 Å².